The van der Waals surface area contributed by atoms with Crippen LogP contribution >= 0.6 is 0 Å². The molecule has 32 heavy (non-hydrogen) atoms. The summed E-state index contributed by atoms with van der Waals surface area (Å²) in [6.45, 7) is 0.372. The normalized spacial score (nSPS) is 10.9. The predicted molar refractivity (Wildman–Crippen MR) is 114 cm³/mol. The van der Waals surface area contributed by atoms with Crippen molar-refractivity contribution in [2.24, 2.45) is 0 Å². The van der Waals surface area contributed by atoms with Crippen LogP contribution in [0.1, 0.15) is 15.9 Å². The number of aromatic nitrogens is 6. The molecule has 0 aliphatic heterocycles. The van der Waals surface area contributed by atoms with Gasteiger partial charge in [0, 0.05) is 16.7 Å². The maximum Gasteiger partial charge on any atom is 0.335 e. The first kappa shape index (κ1) is 19.3. The van der Waals surface area contributed by atoms with E-state index in [1.165, 1.54) is 4.80 Å². The quantitative estimate of drug-likeness (QED) is 0.437. The van der Waals surface area contributed by atoms with Gasteiger partial charge in [-0.1, -0.05) is 42.5 Å². The van der Waals surface area contributed by atoms with Gasteiger partial charge in [0.05, 0.1) is 12.1 Å². The van der Waals surface area contributed by atoms with E-state index < -0.39 is 5.97 Å². The first-order valence-electron chi connectivity index (χ1n) is 9.75. The van der Waals surface area contributed by atoms with Crippen molar-refractivity contribution in [1.82, 2.24) is 30.4 Å². The third-order valence-corrected chi connectivity index (χ3v) is 4.79. The fourth-order valence-corrected chi connectivity index (χ4v) is 3.17. The Labute approximate surface area is 182 Å². The van der Waals surface area contributed by atoms with Gasteiger partial charge in [-0.15, -0.1) is 20.4 Å². The Bertz CT molecular complexity index is 1380. The molecule has 0 aliphatic carbocycles. The SMILES string of the molecule is O=C(O)c1ccc(Cn2nnc(-c3cccc(-c4nnc(-c5ccccc5)o4)c3)n2)cc1. The Kier molecular flexibility index (Phi) is 4.97. The van der Waals surface area contributed by atoms with Gasteiger partial charge in [0.2, 0.25) is 17.6 Å². The van der Waals surface area contributed by atoms with E-state index in [-0.39, 0.29) is 5.56 Å². The Morgan fingerprint density at radius 3 is 2.25 bits per heavy atom. The van der Waals surface area contributed by atoms with Crippen LogP contribution in [-0.2, 0) is 6.54 Å². The van der Waals surface area contributed by atoms with Crippen LogP contribution in [0.4, 0.5) is 0 Å². The van der Waals surface area contributed by atoms with Gasteiger partial charge in [-0.2, -0.15) is 4.80 Å². The van der Waals surface area contributed by atoms with E-state index in [9.17, 15) is 4.79 Å². The molecule has 0 radical (unpaired) electrons. The molecule has 3 aromatic carbocycles. The summed E-state index contributed by atoms with van der Waals surface area (Å²) in [6.07, 6.45) is 0. The number of carbonyl (C=O) groups is 1. The maximum atomic E-state index is 11.0. The number of nitrogens with zero attached hydrogens (tertiary/aromatic N) is 6. The first-order valence-corrected chi connectivity index (χ1v) is 9.75. The van der Waals surface area contributed by atoms with E-state index in [1.54, 1.807) is 24.3 Å². The van der Waals surface area contributed by atoms with Gasteiger partial charge in [-0.05, 0) is 47.2 Å². The highest BCUT2D eigenvalue weighted by molar-refractivity contribution is 5.87. The van der Waals surface area contributed by atoms with Crippen molar-refractivity contribution < 1.29 is 14.3 Å². The Morgan fingerprint density at radius 2 is 1.50 bits per heavy atom. The second-order valence-corrected chi connectivity index (χ2v) is 7.00. The molecule has 2 heterocycles. The molecular weight excluding hydrogens is 408 g/mol. The summed E-state index contributed by atoms with van der Waals surface area (Å²) in [5.41, 5.74) is 3.46. The third kappa shape index (κ3) is 3.99. The zero-order valence-electron chi connectivity index (χ0n) is 16.7. The molecule has 0 spiro atoms. The number of carboxylic acids is 1. The van der Waals surface area contributed by atoms with Crippen LogP contribution in [0.25, 0.3) is 34.3 Å². The topological polar surface area (TPSA) is 120 Å². The summed E-state index contributed by atoms with van der Waals surface area (Å²) in [7, 11) is 0. The van der Waals surface area contributed by atoms with Gasteiger partial charge < -0.3 is 9.52 Å². The summed E-state index contributed by atoms with van der Waals surface area (Å²) in [4.78, 5) is 12.4. The average molecular weight is 424 g/mol. The Hall–Kier alpha value is -4.66. The molecule has 0 saturated heterocycles. The smallest absolute Gasteiger partial charge is 0.335 e. The van der Waals surface area contributed by atoms with Crippen molar-refractivity contribution in [2.45, 2.75) is 6.54 Å². The molecule has 9 nitrogen and oxygen atoms in total. The number of hydrogen-bond acceptors (Lipinski definition) is 7. The van der Waals surface area contributed by atoms with Gasteiger partial charge in [0.1, 0.15) is 0 Å². The minimum Gasteiger partial charge on any atom is -0.478 e. The molecule has 0 bridgehead atoms. The summed E-state index contributed by atoms with van der Waals surface area (Å²) >= 11 is 0. The number of carboxylic acid groups (broad SMARTS) is 1. The highest BCUT2D eigenvalue weighted by atomic mass is 16.4. The summed E-state index contributed by atoms with van der Waals surface area (Å²) in [6, 6.07) is 23.6. The lowest BCUT2D eigenvalue weighted by molar-refractivity contribution is 0.0697. The third-order valence-electron chi connectivity index (χ3n) is 4.79. The highest BCUT2D eigenvalue weighted by Crippen LogP contribution is 2.26. The lowest BCUT2D eigenvalue weighted by Gasteiger charge is -2.01. The Morgan fingerprint density at radius 1 is 0.812 bits per heavy atom. The molecule has 0 unspecified atom stereocenters. The second-order valence-electron chi connectivity index (χ2n) is 7.00. The van der Waals surface area contributed by atoms with Crippen LogP contribution < -0.4 is 0 Å². The summed E-state index contributed by atoms with van der Waals surface area (Å²) < 4.78 is 5.83. The largest absolute Gasteiger partial charge is 0.478 e. The van der Waals surface area contributed by atoms with Crippen molar-refractivity contribution in [3.05, 3.63) is 90.0 Å². The van der Waals surface area contributed by atoms with E-state index in [2.05, 4.69) is 25.6 Å². The van der Waals surface area contributed by atoms with Crippen LogP contribution in [0.2, 0.25) is 0 Å². The highest BCUT2D eigenvalue weighted by Gasteiger charge is 2.13. The number of rotatable bonds is 6. The molecule has 0 amide bonds. The van der Waals surface area contributed by atoms with Gasteiger partial charge in [-0.3, -0.25) is 0 Å². The summed E-state index contributed by atoms with van der Waals surface area (Å²) in [5, 5.41) is 30.0. The van der Waals surface area contributed by atoms with E-state index in [1.807, 2.05) is 54.6 Å². The van der Waals surface area contributed by atoms with Crippen molar-refractivity contribution in [3.8, 4) is 34.3 Å². The molecule has 0 atom stereocenters. The maximum absolute atomic E-state index is 11.0. The molecule has 5 aromatic rings. The first-order chi connectivity index (χ1) is 15.7. The van der Waals surface area contributed by atoms with E-state index in [0.717, 1.165) is 22.3 Å². The van der Waals surface area contributed by atoms with E-state index in [4.69, 9.17) is 9.52 Å². The minimum absolute atomic E-state index is 0.231. The lowest BCUT2D eigenvalue weighted by Crippen LogP contribution is -2.04. The minimum atomic E-state index is -0.963. The van der Waals surface area contributed by atoms with Crippen LogP contribution in [0, 0.1) is 0 Å². The van der Waals surface area contributed by atoms with Crippen molar-refractivity contribution in [2.75, 3.05) is 0 Å². The van der Waals surface area contributed by atoms with Crippen LogP contribution in [-0.4, -0.2) is 41.5 Å². The number of benzene rings is 3. The van der Waals surface area contributed by atoms with Crippen molar-refractivity contribution >= 4 is 5.97 Å². The van der Waals surface area contributed by atoms with E-state index >= 15 is 0 Å². The molecule has 2 aromatic heterocycles. The van der Waals surface area contributed by atoms with Crippen LogP contribution in [0.3, 0.4) is 0 Å². The monoisotopic (exact) mass is 424 g/mol. The molecule has 1 N–H and O–H groups in total. The molecule has 9 heteroatoms. The number of tetrazole rings is 1. The second kappa shape index (κ2) is 8.23. The summed E-state index contributed by atoms with van der Waals surface area (Å²) in [5.74, 6) is 0.340. The van der Waals surface area contributed by atoms with Gasteiger partial charge >= 0.3 is 5.97 Å². The molecular formula is C23H16N6O3. The fourth-order valence-electron chi connectivity index (χ4n) is 3.17. The van der Waals surface area contributed by atoms with Crippen molar-refractivity contribution in [1.29, 1.82) is 0 Å². The number of hydrogen-bond donors (Lipinski definition) is 1. The van der Waals surface area contributed by atoms with Gasteiger partial charge in [0.15, 0.2) is 0 Å². The molecule has 5 rings (SSSR count). The van der Waals surface area contributed by atoms with Crippen LogP contribution in [0.15, 0.2) is 83.3 Å². The Balaban J connectivity index is 1.36. The van der Waals surface area contributed by atoms with E-state index in [0.29, 0.717) is 24.2 Å². The zero-order valence-corrected chi connectivity index (χ0v) is 16.7. The van der Waals surface area contributed by atoms with Gasteiger partial charge in [0.25, 0.3) is 0 Å². The number of aromatic carboxylic acids is 1. The van der Waals surface area contributed by atoms with Crippen molar-refractivity contribution in [3.63, 3.8) is 0 Å². The predicted octanol–water partition coefficient (Wildman–Crippen LogP) is 3.80. The molecule has 0 saturated carbocycles. The van der Waals surface area contributed by atoms with Gasteiger partial charge in [-0.25, -0.2) is 4.79 Å². The zero-order chi connectivity index (χ0) is 21.9. The molecule has 156 valence electrons. The van der Waals surface area contributed by atoms with Crippen LogP contribution in [0.5, 0.6) is 0 Å². The average Bonchev–Trinajstić information content (AvgIpc) is 3.50. The molecule has 0 aliphatic rings. The fraction of sp³-hybridized carbons (Fsp3) is 0.0435. The lowest BCUT2D eigenvalue weighted by atomic mass is 10.1. The molecule has 0 fully saturated rings. The standard InChI is InChI=1S/C23H16N6O3/c30-23(31)17-11-9-15(10-12-17)14-29-27-20(24-28-29)18-7-4-8-19(13-18)22-26-25-21(32-22)16-5-2-1-3-6-16/h1-13H,14H2,(H,30,31).